The first-order valence-corrected chi connectivity index (χ1v) is 6.80. The zero-order valence-corrected chi connectivity index (χ0v) is 11.4. The molecular weight excluding hydrogens is 270 g/mol. The minimum absolute atomic E-state index is 0.130. The van der Waals surface area contributed by atoms with E-state index in [0.717, 1.165) is 23.4 Å². The van der Waals surface area contributed by atoms with Crippen molar-refractivity contribution in [1.82, 2.24) is 4.98 Å². The number of aromatic carboxylic acids is 1. The minimum atomic E-state index is -0.987. The molecule has 1 aromatic carbocycles. The molecule has 94 valence electrons. The van der Waals surface area contributed by atoms with E-state index in [0.29, 0.717) is 9.90 Å². The number of rotatable bonds is 4. The quantitative estimate of drug-likeness (QED) is 0.917. The van der Waals surface area contributed by atoms with Crippen LogP contribution in [0.25, 0.3) is 10.4 Å². The fourth-order valence-electron chi connectivity index (χ4n) is 1.63. The number of carboxylic acid groups (broad SMARTS) is 1. The molecule has 0 radical (unpaired) electrons. The molecule has 5 heteroatoms. The highest BCUT2D eigenvalue weighted by atomic mass is 35.5. The van der Waals surface area contributed by atoms with Gasteiger partial charge in [0.15, 0.2) is 5.69 Å². The summed E-state index contributed by atoms with van der Waals surface area (Å²) in [6.07, 6.45) is 1.76. The van der Waals surface area contributed by atoms with Crippen LogP contribution in [-0.4, -0.2) is 16.1 Å². The predicted molar refractivity (Wildman–Crippen MR) is 73.5 cm³/mol. The van der Waals surface area contributed by atoms with E-state index in [-0.39, 0.29) is 5.69 Å². The van der Waals surface area contributed by atoms with E-state index in [9.17, 15) is 9.90 Å². The maximum Gasteiger partial charge on any atom is 0.356 e. The summed E-state index contributed by atoms with van der Waals surface area (Å²) in [4.78, 5) is 16.1. The summed E-state index contributed by atoms with van der Waals surface area (Å²) in [5, 5.41) is 10.7. The van der Waals surface area contributed by atoms with Crippen LogP contribution in [-0.2, 0) is 6.42 Å². The normalized spacial score (nSPS) is 10.6. The van der Waals surface area contributed by atoms with Crippen LogP contribution < -0.4 is 0 Å². The van der Waals surface area contributed by atoms with Crippen LogP contribution in [0.15, 0.2) is 24.3 Å². The molecule has 3 nitrogen and oxygen atoms in total. The Morgan fingerprint density at radius 1 is 1.39 bits per heavy atom. The molecule has 18 heavy (non-hydrogen) atoms. The van der Waals surface area contributed by atoms with Crippen molar-refractivity contribution in [2.45, 2.75) is 19.8 Å². The molecule has 0 amide bonds. The maximum absolute atomic E-state index is 11.2. The lowest BCUT2D eigenvalue weighted by Gasteiger charge is -1.98. The topological polar surface area (TPSA) is 50.2 Å². The highest BCUT2D eigenvalue weighted by molar-refractivity contribution is 7.15. The largest absolute Gasteiger partial charge is 0.476 e. The van der Waals surface area contributed by atoms with E-state index >= 15 is 0 Å². The lowest BCUT2D eigenvalue weighted by atomic mass is 10.1. The second-order valence-corrected chi connectivity index (χ2v) is 5.37. The SMILES string of the molecule is CCCc1nc(C(=O)O)c(-c2ccc(Cl)cc2)s1. The zero-order valence-electron chi connectivity index (χ0n) is 9.81. The number of nitrogens with zero attached hydrogens (tertiary/aromatic N) is 1. The van der Waals surface area contributed by atoms with E-state index < -0.39 is 5.97 Å². The van der Waals surface area contributed by atoms with Gasteiger partial charge in [0.2, 0.25) is 0 Å². The van der Waals surface area contributed by atoms with Crippen molar-refractivity contribution in [3.05, 3.63) is 40.0 Å². The molecule has 0 aliphatic heterocycles. The first-order chi connectivity index (χ1) is 8.61. The summed E-state index contributed by atoms with van der Waals surface area (Å²) < 4.78 is 0. The molecule has 0 spiro atoms. The summed E-state index contributed by atoms with van der Waals surface area (Å²) in [5.74, 6) is -0.987. The number of thiazole rings is 1. The van der Waals surface area contributed by atoms with Crippen LogP contribution in [0.1, 0.15) is 28.8 Å². The van der Waals surface area contributed by atoms with Gasteiger partial charge in [-0.2, -0.15) is 0 Å². The average molecular weight is 282 g/mol. The van der Waals surface area contributed by atoms with Gasteiger partial charge in [0, 0.05) is 5.02 Å². The Hall–Kier alpha value is -1.39. The van der Waals surface area contributed by atoms with Gasteiger partial charge in [-0.05, 0) is 30.5 Å². The Morgan fingerprint density at radius 2 is 2.06 bits per heavy atom. The number of aryl methyl sites for hydroxylation is 1. The van der Waals surface area contributed by atoms with Crippen LogP contribution >= 0.6 is 22.9 Å². The van der Waals surface area contributed by atoms with Crippen molar-refractivity contribution < 1.29 is 9.90 Å². The van der Waals surface area contributed by atoms with Crippen LogP contribution in [0.4, 0.5) is 0 Å². The smallest absolute Gasteiger partial charge is 0.356 e. The van der Waals surface area contributed by atoms with Crippen LogP contribution in [0.5, 0.6) is 0 Å². The third kappa shape index (κ3) is 2.71. The number of benzene rings is 1. The fraction of sp³-hybridized carbons (Fsp3) is 0.231. The Balaban J connectivity index is 2.47. The molecule has 1 N–H and O–H groups in total. The molecule has 1 heterocycles. The van der Waals surface area contributed by atoms with E-state index in [1.165, 1.54) is 11.3 Å². The summed E-state index contributed by atoms with van der Waals surface area (Å²) in [6.45, 7) is 2.05. The first-order valence-electron chi connectivity index (χ1n) is 5.60. The monoisotopic (exact) mass is 281 g/mol. The number of carbonyl (C=O) groups is 1. The van der Waals surface area contributed by atoms with Gasteiger partial charge in [-0.1, -0.05) is 30.7 Å². The Morgan fingerprint density at radius 3 is 2.61 bits per heavy atom. The minimum Gasteiger partial charge on any atom is -0.476 e. The second kappa shape index (κ2) is 5.50. The van der Waals surface area contributed by atoms with Crippen molar-refractivity contribution >= 4 is 28.9 Å². The number of hydrogen-bond donors (Lipinski definition) is 1. The summed E-state index contributed by atoms with van der Waals surface area (Å²) in [7, 11) is 0. The molecule has 0 saturated carbocycles. The molecule has 0 fully saturated rings. The Bertz CT molecular complexity index is 563. The molecule has 0 unspecified atom stereocenters. The zero-order chi connectivity index (χ0) is 13.1. The van der Waals surface area contributed by atoms with Crippen molar-refractivity contribution in [3.8, 4) is 10.4 Å². The highest BCUT2D eigenvalue weighted by Crippen LogP contribution is 2.31. The van der Waals surface area contributed by atoms with Crippen molar-refractivity contribution in [2.75, 3.05) is 0 Å². The molecule has 0 bridgehead atoms. The second-order valence-electron chi connectivity index (χ2n) is 3.85. The van der Waals surface area contributed by atoms with Crippen molar-refractivity contribution in [3.63, 3.8) is 0 Å². The van der Waals surface area contributed by atoms with Crippen molar-refractivity contribution in [1.29, 1.82) is 0 Å². The molecule has 0 atom stereocenters. The maximum atomic E-state index is 11.2. The van der Waals surface area contributed by atoms with E-state index in [1.54, 1.807) is 12.1 Å². The lowest BCUT2D eigenvalue weighted by Crippen LogP contribution is -1.99. The molecule has 2 rings (SSSR count). The molecular formula is C13H12ClNO2S. The van der Waals surface area contributed by atoms with Gasteiger partial charge in [0.1, 0.15) is 0 Å². The lowest BCUT2D eigenvalue weighted by molar-refractivity contribution is 0.0692. The van der Waals surface area contributed by atoms with Gasteiger partial charge < -0.3 is 5.11 Å². The van der Waals surface area contributed by atoms with Gasteiger partial charge in [0.25, 0.3) is 0 Å². The Labute approximate surface area is 114 Å². The summed E-state index contributed by atoms with van der Waals surface area (Å²) in [5.41, 5.74) is 0.974. The van der Waals surface area contributed by atoms with Crippen LogP contribution in [0.2, 0.25) is 5.02 Å². The highest BCUT2D eigenvalue weighted by Gasteiger charge is 2.18. The van der Waals surface area contributed by atoms with Crippen LogP contribution in [0.3, 0.4) is 0 Å². The summed E-state index contributed by atoms with van der Waals surface area (Å²) >= 11 is 7.26. The molecule has 1 aromatic heterocycles. The van der Waals surface area contributed by atoms with E-state index in [1.807, 2.05) is 19.1 Å². The van der Waals surface area contributed by atoms with Crippen LogP contribution in [0, 0.1) is 0 Å². The number of halogens is 1. The fourth-order valence-corrected chi connectivity index (χ4v) is 2.92. The number of hydrogen-bond acceptors (Lipinski definition) is 3. The number of aromatic nitrogens is 1. The van der Waals surface area contributed by atoms with Crippen molar-refractivity contribution in [2.24, 2.45) is 0 Å². The molecule has 0 aliphatic carbocycles. The Kier molecular flexibility index (Phi) is 3.99. The number of carboxylic acids is 1. The molecule has 0 saturated heterocycles. The van der Waals surface area contributed by atoms with Gasteiger partial charge in [-0.3, -0.25) is 0 Å². The average Bonchev–Trinajstić information content (AvgIpc) is 2.75. The van der Waals surface area contributed by atoms with Gasteiger partial charge >= 0.3 is 5.97 Å². The standard InChI is InChI=1S/C13H12ClNO2S/c1-2-3-10-15-11(13(16)17)12(18-10)8-4-6-9(14)7-5-8/h4-7H,2-3H2,1H3,(H,16,17). The van der Waals surface area contributed by atoms with Gasteiger partial charge in [0.05, 0.1) is 9.88 Å². The molecule has 0 aliphatic rings. The van der Waals surface area contributed by atoms with E-state index in [4.69, 9.17) is 11.6 Å². The first kappa shape index (κ1) is 13.1. The third-order valence-electron chi connectivity index (χ3n) is 2.44. The third-order valence-corrected chi connectivity index (χ3v) is 3.86. The summed E-state index contributed by atoms with van der Waals surface area (Å²) in [6, 6.07) is 7.14. The van der Waals surface area contributed by atoms with Gasteiger partial charge in [-0.25, -0.2) is 9.78 Å². The van der Waals surface area contributed by atoms with E-state index in [2.05, 4.69) is 4.98 Å². The molecule has 2 aromatic rings. The van der Waals surface area contributed by atoms with Gasteiger partial charge in [-0.15, -0.1) is 11.3 Å². The predicted octanol–water partition coefficient (Wildman–Crippen LogP) is 4.11.